The number of carboxylic acids is 1. The highest BCUT2D eigenvalue weighted by molar-refractivity contribution is 9.10. The van der Waals surface area contributed by atoms with E-state index in [1.165, 1.54) is 0 Å². The summed E-state index contributed by atoms with van der Waals surface area (Å²) in [6.45, 7) is 6.37. The molecular formula is C19H22BrNO4. The molecule has 0 bridgehead atoms. The highest BCUT2D eigenvalue weighted by Gasteiger charge is 2.12. The van der Waals surface area contributed by atoms with Crippen LogP contribution in [0.5, 0.6) is 11.5 Å². The summed E-state index contributed by atoms with van der Waals surface area (Å²) < 4.78 is 12.1. The summed E-state index contributed by atoms with van der Waals surface area (Å²) in [6.07, 6.45) is 0.0557. The summed E-state index contributed by atoms with van der Waals surface area (Å²) >= 11 is 3.57. The van der Waals surface area contributed by atoms with Crippen molar-refractivity contribution in [3.05, 3.63) is 51.5 Å². The SMILES string of the molecule is COc1cc(CNc2ccc(C(=O)O)cc2C)c(Br)cc1OC(C)C. The van der Waals surface area contributed by atoms with Crippen molar-refractivity contribution >= 4 is 27.6 Å². The molecule has 0 saturated carbocycles. The molecule has 0 saturated heterocycles. The van der Waals surface area contributed by atoms with Gasteiger partial charge in [0.1, 0.15) is 0 Å². The molecule has 0 aliphatic heterocycles. The lowest BCUT2D eigenvalue weighted by Crippen LogP contribution is -2.08. The Morgan fingerprint density at radius 3 is 2.52 bits per heavy atom. The van der Waals surface area contributed by atoms with E-state index in [2.05, 4.69) is 21.2 Å². The van der Waals surface area contributed by atoms with Crippen molar-refractivity contribution < 1.29 is 19.4 Å². The zero-order valence-corrected chi connectivity index (χ0v) is 16.3. The average molecular weight is 408 g/mol. The van der Waals surface area contributed by atoms with Gasteiger partial charge in [0.05, 0.1) is 18.8 Å². The van der Waals surface area contributed by atoms with E-state index in [0.717, 1.165) is 21.3 Å². The summed E-state index contributed by atoms with van der Waals surface area (Å²) in [5.41, 5.74) is 3.05. The van der Waals surface area contributed by atoms with Gasteiger partial charge in [-0.25, -0.2) is 4.79 Å². The fraction of sp³-hybridized carbons (Fsp3) is 0.316. The highest BCUT2D eigenvalue weighted by atomic mass is 79.9. The number of methoxy groups -OCH3 is 1. The number of halogens is 1. The van der Waals surface area contributed by atoms with E-state index in [9.17, 15) is 4.79 Å². The van der Waals surface area contributed by atoms with Gasteiger partial charge in [0.25, 0.3) is 0 Å². The fourth-order valence-electron chi connectivity index (χ4n) is 2.40. The first-order valence-corrected chi connectivity index (χ1v) is 8.72. The van der Waals surface area contributed by atoms with Gasteiger partial charge in [-0.15, -0.1) is 0 Å². The minimum absolute atomic E-state index is 0.0557. The van der Waals surface area contributed by atoms with Crippen LogP contribution in [0.2, 0.25) is 0 Å². The van der Waals surface area contributed by atoms with Gasteiger partial charge in [-0.1, -0.05) is 15.9 Å². The molecule has 0 aliphatic carbocycles. The monoisotopic (exact) mass is 407 g/mol. The van der Waals surface area contributed by atoms with E-state index in [4.69, 9.17) is 14.6 Å². The maximum absolute atomic E-state index is 11.0. The third kappa shape index (κ3) is 4.89. The van der Waals surface area contributed by atoms with Crippen LogP contribution in [0.25, 0.3) is 0 Å². The second-order valence-electron chi connectivity index (χ2n) is 5.95. The number of nitrogens with one attached hydrogen (secondary N) is 1. The first-order valence-electron chi connectivity index (χ1n) is 7.92. The van der Waals surface area contributed by atoms with Crippen LogP contribution in [0.3, 0.4) is 0 Å². The first kappa shape index (κ1) is 19.1. The Bertz CT molecular complexity index is 774. The van der Waals surface area contributed by atoms with Crippen LogP contribution in [0, 0.1) is 6.92 Å². The molecule has 134 valence electrons. The topological polar surface area (TPSA) is 67.8 Å². The molecule has 2 aromatic carbocycles. The van der Waals surface area contributed by atoms with Gasteiger partial charge >= 0.3 is 5.97 Å². The van der Waals surface area contributed by atoms with E-state index in [0.29, 0.717) is 18.0 Å². The van der Waals surface area contributed by atoms with Crippen LogP contribution in [0.15, 0.2) is 34.8 Å². The van der Waals surface area contributed by atoms with Crippen LogP contribution in [-0.4, -0.2) is 24.3 Å². The zero-order chi connectivity index (χ0) is 18.6. The molecule has 6 heteroatoms. The van der Waals surface area contributed by atoms with Crippen LogP contribution in [0.4, 0.5) is 5.69 Å². The van der Waals surface area contributed by atoms with Crippen LogP contribution >= 0.6 is 15.9 Å². The lowest BCUT2D eigenvalue weighted by molar-refractivity contribution is 0.0697. The number of carboxylic acid groups (broad SMARTS) is 1. The number of ether oxygens (including phenoxy) is 2. The van der Waals surface area contributed by atoms with Crippen molar-refractivity contribution in [3.8, 4) is 11.5 Å². The molecule has 0 aromatic heterocycles. The molecule has 2 rings (SSSR count). The number of rotatable bonds is 7. The molecule has 0 amide bonds. The summed E-state index contributed by atoms with van der Waals surface area (Å²) in [6, 6.07) is 8.85. The maximum atomic E-state index is 11.0. The van der Waals surface area contributed by atoms with Gasteiger partial charge in [0.2, 0.25) is 0 Å². The number of aromatic carboxylic acids is 1. The summed E-state index contributed by atoms with van der Waals surface area (Å²) in [5.74, 6) is 0.435. The highest BCUT2D eigenvalue weighted by Crippen LogP contribution is 2.34. The van der Waals surface area contributed by atoms with E-state index in [1.807, 2.05) is 32.9 Å². The second-order valence-corrected chi connectivity index (χ2v) is 6.80. The zero-order valence-electron chi connectivity index (χ0n) is 14.7. The molecule has 0 atom stereocenters. The Hall–Kier alpha value is -2.21. The largest absolute Gasteiger partial charge is 0.493 e. The predicted molar refractivity (Wildman–Crippen MR) is 102 cm³/mol. The number of hydrogen-bond donors (Lipinski definition) is 2. The average Bonchev–Trinajstić information content (AvgIpc) is 2.54. The number of anilines is 1. The molecule has 0 fully saturated rings. The Kier molecular flexibility index (Phi) is 6.31. The first-order chi connectivity index (χ1) is 11.8. The summed E-state index contributed by atoms with van der Waals surface area (Å²) in [5, 5.41) is 12.4. The van der Waals surface area contributed by atoms with Gasteiger partial charge < -0.3 is 19.9 Å². The number of aryl methyl sites for hydroxylation is 1. The molecule has 5 nitrogen and oxygen atoms in total. The molecule has 0 radical (unpaired) electrons. The van der Waals surface area contributed by atoms with Crippen molar-refractivity contribution in [2.75, 3.05) is 12.4 Å². The number of hydrogen-bond acceptors (Lipinski definition) is 4. The molecule has 25 heavy (non-hydrogen) atoms. The maximum Gasteiger partial charge on any atom is 0.335 e. The molecule has 0 spiro atoms. The molecular weight excluding hydrogens is 386 g/mol. The van der Waals surface area contributed by atoms with Gasteiger partial charge in [-0.3, -0.25) is 0 Å². The van der Waals surface area contributed by atoms with Crippen LogP contribution in [0.1, 0.15) is 35.3 Å². The van der Waals surface area contributed by atoms with E-state index >= 15 is 0 Å². The lowest BCUT2D eigenvalue weighted by Gasteiger charge is -2.17. The van der Waals surface area contributed by atoms with Crippen molar-refractivity contribution in [2.24, 2.45) is 0 Å². The Morgan fingerprint density at radius 1 is 1.24 bits per heavy atom. The molecule has 0 aliphatic rings. The third-order valence-corrected chi connectivity index (χ3v) is 4.38. The van der Waals surface area contributed by atoms with Gasteiger partial charge in [0.15, 0.2) is 11.5 Å². The fourth-order valence-corrected chi connectivity index (χ4v) is 2.87. The van der Waals surface area contributed by atoms with Crippen LogP contribution < -0.4 is 14.8 Å². The normalized spacial score (nSPS) is 10.6. The van der Waals surface area contributed by atoms with Crippen molar-refractivity contribution in [1.82, 2.24) is 0 Å². The van der Waals surface area contributed by atoms with Crippen molar-refractivity contribution in [3.63, 3.8) is 0 Å². The summed E-state index contributed by atoms with van der Waals surface area (Å²) in [4.78, 5) is 11.0. The van der Waals surface area contributed by atoms with Gasteiger partial charge in [-0.05, 0) is 62.2 Å². The smallest absolute Gasteiger partial charge is 0.335 e. The molecule has 0 unspecified atom stereocenters. The molecule has 2 N–H and O–H groups in total. The number of carbonyl (C=O) groups is 1. The van der Waals surface area contributed by atoms with E-state index < -0.39 is 5.97 Å². The Labute approximate surface area is 156 Å². The molecule has 2 aromatic rings. The Morgan fingerprint density at radius 2 is 1.96 bits per heavy atom. The van der Waals surface area contributed by atoms with Crippen LogP contribution in [-0.2, 0) is 6.54 Å². The predicted octanol–water partition coefficient (Wildman–Crippen LogP) is 4.86. The minimum Gasteiger partial charge on any atom is -0.493 e. The quantitative estimate of drug-likeness (QED) is 0.685. The third-order valence-electron chi connectivity index (χ3n) is 3.64. The lowest BCUT2D eigenvalue weighted by atomic mass is 10.1. The summed E-state index contributed by atoms with van der Waals surface area (Å²) in [7, 11) is 1.61. The second kappa shape index (κ2) is 8.25. The number of benzene rings is 2. The minimum atomic E-state index is -0.928. The van der Waals surface area contributed by atoms with Crippen molar-refractivity contribution in [2.45, 2.75) is 33.4 Å². The van der Waals surface area contributed by atoms with E-state index in [-0.39, 0.29) is 11.7 Å². The van der Waals surface area contributed by atoms with Gasteiger partial charge in [-0.2, -0.15) is 0 Å². The van der Waals surface area contributed by atoms with E-state index in [1.54, 1.807) is 25.3 Å². The van der Waals surface area contributed by atoms with Crippen molar-refractivity contribution in [1.29, 1.82) is 0 Å². The Balaban J connectivity index is 2.19. The van der Waals surface area contributed by atoms with Gasteiger partial charge in [0, 0.05) is 16.7 Å². The standard InChI is InChI=1S/C19H22BrNO4/c1-11(2)25-18-9-15(20)14(8-17(18)24-4)10-21-16-6-5-13(19(22)23)7-12(16)3/h5-9,11,21H,10H2,1-4H3,(H,22,23). The molecule has 0 heterocycles.